The normalized spacial score (nSPS) is 18.1. The lowest BCUT2D eigenvalue weighted by atomic mass is 9.88. The third kappa shape index (κ3) is 6.29. The molecule has 2 atom stereocenters. The minimum Gasteiger partial charge on any atom is -0.347 e. The Labute approximate surface area is 211 Å². The van der Waals surface area contributed by atoms with Crippen molar-refractivity contribution in [3.63, 3.8) is 0 Å². The molecule has 0 aliphatic heterocycles. The number of ketones is 1. The Hall–Kier alpha value is -2.82. The van der Waals surface area contributed by atoms with Crippen molar-refractivity contribution >= 4 is 17.9 Å². The van der Waals surface area contributed by atoms with Gasteiger partial charge in [0.15, 0.2) is 5.78 Å². The quantitative estimate of drug-likeness (QED) is 0.299. The number of aromatic nitrogens is 1. The number of fused-ring (bicyclic) bond motifs is 1. The van der Waals surface area contributed by atoms with E-state index in [1.165, 1.54) is 40.4 Å². The van der Waals surface area contributed by atoms with Crippen molar-refractivity contribution in [3.8, 4) is 0 Å². The molecule has 2 nitrogen and oxygen atoms in total. The van der Waals surface area contributed by atoms with Crippen molar-refractivity contribution in [1.29, 1.82) is 0 Å². The Morgan fingerprint density at radius 2 is 1.86 bits per heavy atom. The Morgan fingerprint density at radius 3 is 2.53 bits per heavy atom. The predicted octanol–water partition coefficient (Wildman–Crippen LogP) is 7.32. The van der Waals surface area contributed by atoms with Crippen molar-refractivity contribution in [3.05, 3.63) is 81.8 Å². The number of hydrogen-bond acceptors (Lipinski definition) is 1. The van der Waals surface area contributed by atoms with Gasteiger partial charge in [0.25, 0.3) is 5.92 Å². The van der Waals surface area contributed by atoms with E-state index < -0.39 is 5.92 Å². The van der Waals surface area contributed by atoms with Gasteiger partial charge in [-0.15, -0.1) is 0 Å². The Kier molecular flexibility index (Phi) is 8.38. The molecule has 0 saturated carbocycles. The maximum atomic E-state index is 13.5. The summed E-state index contributed by atoms with van der Waals surface area (Å²) in [5.74, 6) is -2.41. The number of carbonyl (C=O) groups is 1. The van der Waals surface area contributed by atoms with Crippen LogP contribution in [-0.2, 0) is 12.5 Å². The standard InChI is InChI=1S/C31H36F3NO/c1-3-7-23(8-6-11-30(36)24-14-16-25(17-15-24)31(2,33)34)28-21-35(29-10-5-4-9-27(28)29)20-22-12-18-26(32)19-13-22/h9-10,12,14-19,21-23H,3-8,11,13,20H2,1-2H3. The van der Waals surface area contributed by atoms with E-state index in [0.29, 0.717) is 24.3 Å². The van der Waals surface area contributed by atoms with Gasteiger partial charge >= 0.3 is 0 Å². The Morgan fingerprint density at radius 1 is 1.11 bits per heavy atom. The zero-order valence-electron chi connectivity index (χ0n) is 21.3. The fourth-order valence-corrected chi connectivity index (χ4v) is 5.42. The van der Waals surface area contributed by atoms with Crippen LogP contribution in [0.1, 0.15) is 92.6 Å². The minimum absolute atomic E-state index is 0.0000790. The monoisotopic (exact) mass is 495 g/mol. The van der Waals surface area contributed by atoms with Crippen LogP contribution in [0, 0.1) is 5.92 Å². The van der Waals surface area contributed by atoms with Gasteiger partial charge in [-0.25, -0.2) is 13.2 Å². The molecule has 0 N–H and O–H groups in total. The summed E-state index contributed by atoms with van der Waals surface area (Å²) in [5.41, 5.74) is 1.77. The summed E-state index contributed by atoms with van der Waals surface area (Å²) < 4.78 is 42.7. The van der Waals surface area contributed by atoms with Crippen molar-refractivity contribution in [2.75, 3.05) is 0 Å². The molecule has 2 aromatic rings. The molecule has 4 rings (SSSR count). The fraction of sp³-hybridized carbons (Fsp3) is 0.452. The van der Waals surface area contributed by atoms with Crippen molar-refractivity contribution in [2.45, 2.75) is 83.6 Å². The summed E-state index contributed by atoms with van der Waals surface area (Å²) in [6.07, 6.45) is 19.1. The topological polar surface area (TPSA) is 22.0 Å². The summed E-state index contributed by atoms with van der Waals surface area (Å²) in [6, 6.07) is 5.72. The highest BCUT2D eigenvalue weighted by Gasteiger charge is 2.24. The van der Waals surface area contributed by atoms with E-state index >= 15 is 0 Å². The largest absolute Gasteiger partial charge is 0.347 e. The van der Waals surface area contributed by atoms with Crippen LogP contribution in [0.2, 0.25) is 0 Å². The number of benzene rings is 1. The highest BCUT2D eigenvalue weighted by atomic mass is 19.3. The molecule has 2 unspecified atom stereocenters. The lowest BCUT2D eigenvalue weighted by Crippen LogP contribution is -2.33. The van der Waals surface area contributed by atoms with Crippen LogP contribution in [0.4, 0.5) is 13.2 Å². The van der Waals surface area contributed by atoms with Gasteiger partial charge in [0.05, 0.1) is 0 Å². The first-order valence-corrected chi connectivity index (χ1v) is 13.2. The minimum atomic E-state index is -2.90. The molecule has 0 fully saturated rings. The van der Waals surface area contributed by atoms with E-state index in [9.17, 15) is 18.0 Å². The van der Waals surface area contributed by atoms with Crippen LogP contribution >= 0.6 is 0 Å². The first-order chi connectivity index (χ1) is 17.3. The van der Waals surface area contributed by atoms with Gasteiger partial charge in [0.1, 0.15) is 5.83 Å². The smallest absolute Gasteiger partial charge is 0.270 e. The maximum Gasteiger partial charge on any atom is 0.270 e. The lowest BCUT2D eigenvalue weighted by Gasteiger charge is -2.16. The van der Waals surface area contributed by atoms with Gasteiger partial charge in [-0.3, -0.25) is 4.79 Å². The van der Waals surface area contributed by atoms with Crippen molar-refractivity contribution < 1.29 is 18.0 Å². The van der Waals surface area contributed by atoms with E-state index in [2.05, 4.69) is 29.8 Å². The number of Topliss-reactive ketones (excluding diaryl/α,β-unsaturated/α-hetero) is 1. The summed E-state index contributed by atoms with van der Waals surface area (Å²) in [6.45, 7) is 3.88. The van der Waals surface area contributed by atoms with E-state index in [1.54, 1.807) is 12.2 Å². The van der Waals surface area contributed by atoms with Gasteiger partial charge in [-0.2, -0.15) is 0 Å². The number of nitrogens with zero attached hydrogens (tertiary/aromatic N) is 1. The molecular weight excluding hydrogens is 459 g/mol. The molecule has 0 saturated heterocycles. The highest BCUT2D eigenvalue weighted by Crippen LogP contribution is 2.28. The molecule has 1 aromatic carbocycles. The molecule has 0 amide bonds. The van der Waals surface area contributed by atoms with Gasteiger partial charge in [-0.05, 0) is 73.3 Å². The molecule has 2 aliphatic rings. The molecule has 0 radical (unpaired) electrons. The first kappa shape index (κ1) is 26.2. The number of allylic oxidation sites excluding steroid dienone is 4. The van der Waals surface area contributed by atoms with Crippen LogP contribution in [0.3, 0.4) is 0 Å². The molecule has 1 heterocycles. The molecule has 0 bridgehead atoms. The molecule has 1 aromatic heterocycles. The SMILES string of the molecule is CCCC(CCCC(=O)c1ccc(C(C)(F)F)cc1)c1cn(CC2C=CC(F)=CC2)c2c1=CCCC=2. The third-order valence-corrected chi connectivity index (χ3v) is 7.37. The molecule has 5 heteroatoms. The third-order valence-electron chi connectivity index (χ3n) is 7.37. The van der Waals surface area contributed by atoms with Crippen LogP contribution < -0.4 is 10.6 Å². The number of halogens is 3. The molecule has 192 valence electrons. The fourth-order valence-electron chi connectivity index (χ4n) is 5.42. The second kappa shape index (κ2) is 11.5. The predicted molar refractivity (Wildman–Crippen MR) is 140 cm³/mol. The van der Waals surface area contributed by atoms with Crippen LogP contribution in [0.25, 0.3) is 12.2 Å². The van der Waals surface area contributed by atoms with Crippen LogP contribution in [-0.4, -0.2) is 10.4 Å². The van der Waals surface area contributed by atoms with E-state index in [4.69, 9.17) is 0 Å². The van der Waals surface area contributed by atoms with E-state index in [0.717, 1.165) is 52.0 Å². The maximum absolute atomic E-state index is 13.5. The van der Waals surface area contributed by atoms with Gasteiger partial charge < -0.3 is 4.57 Å². The summed E-state index contributed by atoms with van der Waals surface area (Å²) in [4.78, 5) is 12.7. The van der Waals surface area contributed by atoms with Crippen LogP contribution in [0.15, 0.2) is 54.5 Å². The average Bonchev–Trinajstić information content (AvgIpc) is 3.22. The highest BCUT2D eigenvalue weighted by molar-refractivity contribution is 5.96. The second-order valence-electron chi connectivity index (χ2n) is 10.2. The number of alkyl halides is 2. The Balaban J connectivity index is 1.46. The summed E-state index contributed by atoms with van der Waals surface area (Å²) >= 11 is 0. The van der Waals surface area contributed by atoms with Gasteiger partial charge in [-0.1, -0.05) is 55.8 Å². The first-order valence-electron chi connectivity index (χ1n) is 13.2. The lowest BCUT2D eigenvalue weighted by molar-refractivity contribution is 0.0174. The molecule has 36 heavy (non-hydrogen) atoms. The summed E-state index contributed by atoms with van der Waals surface area (Å²) in [5, 5.41) is 2.59. The van der Waals surface area contributed by atoms with Crippen molar-refractivity contribution in [1.82, 2.24) is 4.57 Å². The van der Waals surface area contributed by atoms with Gasteiger partial charge in [0, 0.05) is 42.6 Å². The Bertz CT molecular complexity index is 1240. The zero-order valence-corrected chi connectivity index (χ0v) is 21.3. The molecule has 2 aliphatic carbocycles. The van der Waals surface area contributed by atoms with Crippen molar-refractivity contribution in [2.24, 2.45) is 5.92 Å². The number of hydrogen-bond donors (Lipinski definition) is 0. The average molecular weight is 496 g/mol. The second-order valence-corrected chi connectivity index (χ2v) is 10.2. The zero-order chi connectivity index (χ0) is 25.7. The number of carbonyl (C=O) groups excluding carboxylic acids is 1. The van der Waals surface area contributed by atoms with E-state index in [1.807, 2.05) is 6.08 Å². The summed E-state index contributed by atoms with van der Waals surface area (Å²) in [7, 11) is 0. The van der Waals surface area contributed by atoms with Crippen LogP contribution in [0.5, 0.6) is 0 Å². The molecule has 0 spiro atoms. The van der Waals surface area contributed by atoms with E-state index in [-0.39, 0.29) is 23.1 Å². The van der Waals surface area contributed by atoms with Gasteiger partial charge in [0.2, 0.25) is 0 Å². The molecular formula is C31H36F3NO. The number of rotatable bonds is 11.